The van der Waals surface area contributed by atoms with Crippen LogP contribution in [0.4, 0.5) is 10.1 Å². The van der Waals surface area contributed by atoms with E-state index in [-0.39, 0.29) is 30.5 Å². The molecule has 0 spiro atoms. The van der Waals surface area contributed by atoms with Crippen molar-refractivity contribution in [3.63, 3.8) is 0 Å². The third-order valence-electron chi connectivity index (χ3n) is 6.33. The second-order valence-corrected chi connectivity index (χ2v) is 12.8. The molecule has 0 bridgehead atoms. The van der Waals surface area contributed by atoms with Gasteiger partial charge in [-0.3, -0.25) is 9.59 Å². The van der Waals surface area contributed by atoms with E-state index in [1.54, 1.807) is 24.3 Å². The number of nitrogens with one attached hydrogen (secondary N) is 1. The van der Waals surface area contributed by atoms with E-state index < -0.39 is 34.5 Å². The molecule has 2 amide bonds. The summed E-state index contributed by atoms with van der Waals surface area (Å²) in [4.78, 5) is 29.2. The number of carbonyl (C=O) groups is 2. The molecule has 0 saturated heterocycles. The van der Waals surface area contributed by atoms with Gasteiger partial charge in [0.1, 0.15) is 18.4 Å². The summed E-state index contributed by atoms with van der Waals surface area (Å²) in [6.45, 7) is 3.73. The van der Waals surface area contributed by atoms with Gasteiger partial charge >= 0.3 is 10.2 Å². The number of hydrogen-bond acceptors (Lipinski definition) is 4. The van der Waals surface area contributed by atoms with Crippen LogP contribution in [0.5, 0.6) is 0 Å². The molecular weight excluding hydrogens is 567 g/mol. The van der Waals surface area contributed by atoms with Crippen LogP contribution in [-0.4, -0.2) is 62.7 Å². The summed E-state index contributed by atoms with van der Waals surface area (Å²) in [5, 5.41) is 3.39. The van der Waals surface area contributed by atoms with Gasteiger partial charge in [0.15, 0.2) is 0 Å². The molecule has 0 aliphatic rings. The first-order chi connectivity index (χ1) is 19.4. The molecule has 41 heavy (non-hydrogen) atoms. The lowest BCUT2D eigenvalue weighted by Crippen LogP contribution is -2.54. The highest BCUT2D eigenvalue weighted by Gasteiger charge is 2.34. The fraction of sp³-hybridized carbons (Fsp3) is 0.333. The van der Waals surface area contributed by atoms with E-state index in [1.807, 2.05) is 44.2 Å². The van der Waals surface area contributed by atoms with Crippen LogP contribution < -0.4 is 9.62 Å². The number of amides is 2. The first kappa shape index (κ1) is 32.0. The molecule has 0 aromatic heterocycles. The minimum Gasteiger partial charge on any atom is -0.354 e. The molecule has 1 unspecified atom stereocenters. The lowest BCUT2D eigenvalue weighted by molar-refractivity contribution is -0.140. The van der Waals surface area contributed by atoms with Gasteiger partial charge in [0, 0.05) is 38.6 Å². The molecule has 8 nitrogen and oxygen atoms in total. The number of nitrogens with zero attached hydrogens (tertiary/aromatic N) is 3. The molecule has 0 heterocycles. The quantitative estimate of drug-likeness (QED) is 0.312. The number of hydrogen-bond donors (Lipinski definition) is 1. The van der Waals surface area contributed by atoms with Crippen molar-refractivity contribution in [1.82, 2.24) is 14.5 Å². The van der Waals surface area contributed by atoms with Crippen LogP contribution in [0, 0.1) is 11.7 Å². The lowest BCUT2D eigenvalue weighted by Gasteiger charge is -2.34. The van der Waals surface area contributed by atoms with Gasteiger partial charge in [-0.1, -0.05) is 67.9 Å². The Bertz CT molecular complexity index is 1420. The Hall–Kier alpha value is -3.47. The average Bonchev–Trinajstić information content (AvgIpc) is 2.93. The molecule has 0 fully saturated rings. The van der Waals surface area contributed by atoms with Gasteiger partial charge < -0.3 is 10.2 Å². The number of carbonyl (C=O) groups excluding carboxylic acids is 2. The Morgan fingerprint density at radius 2 is 1.56 bits per heavy atom. The molecule has 0 radical (unpaired) electrons. The monoisotopic (exact) mass is 602 g/mol. The van der Waals surface area contributed by atoms with Gasteiger partial charge in [-0.05, 0) is 53.4 Å². The van der Waals surface area contributed by atoms with Gasteiger partial charge in [-0.2, -0.15) is 12.7 Å². The fourth-order valence-electron chi connectivity index (χ4n) is 4.13. The number of rotatable bonds is 13. The zero-order chi connectivity index (χ0) is 30.2. The highest BCUT2D eigenvalue weighted by Crippen LogP contribution is 2.23. The first-order valence-electron chi connectivity index (χ1n) is 13.2. The van der Waals surface area contributed by atoms with Crippen LogP contribution in [0.2, 0.25) is 5.02 Å². The van der Waals surface area contributed by atoms with Gasteiger partial charge in [0.05, 0.1) is 5.69 Å². The van der Waals surface area contributed by atoms with Crippen molar-refractivity contribution >= 4 is 39.3 Å². The summed E-state index contributed by atoms with van der Waals surface area (Å²) in [5.74, 6) is -1.34. The number of anilines is 1. The standard InChI is InChI=1S/C30H36ClFN4O4S/c1-22(2)19-33-30(38)28(18-23-9-6-5-7-10-23)35(20-24-11-8-12-25(31)17-24)29(37)21-36(41(39,40)34(3)4)27-15-13-26(32)14-16-27/h5-17,22,28H,18-21H2,1-4H3,(H,33,38). The van der Waals surface area contributed by atoms with E-state index in [4.69, 9.17) is 11.6 Å². The number of benzene rings is 3. The maximum atomic E-state index is 14.1. The minimum atomic E-state index is -4.16. The van der Waals surface area contributed by atoms with Gasteiger partial charge in [-0.15, -0.1) is 0 Å². The van der Waals surface area contributed by atoms with E-state index in [9.17, 15) is 22.4 Å². The molecule has 3 rings (SSSR count). The normalized spacial score (nSPS) is 12.3. The molecule has 3 aromatic carbocycles. The maximum Gasteiger partial charge on any atom is 0.304 e. The van der Waals surface area contributed by atoms with E-state index in [1.165, 1.54) is 31.1 Å². The summed E-state index contributed by atoms with van der Waals surface area (Å²) in [7, 11) is -1.47. The summed E-state index contributed by atoms with van der Waals surface area (Å²) in [5.41, 5.74) is 1.61. The van der Waals surface area contributed by atoms with Gasteiger partial charge in [-0.25, -0.2) is 8.70 Å². The summed E-state index contributed by atoms with van der Waals surface area (Å²) in [6, 6.07) is 20.1. The smallest absolute Gasteiger partial charge is 0.304 e. The Kier molecular flexibility index (Phi) is 11.3. The highest BCUT2D eigenvalue weighted by atomic mass is 35.5. The van der Waals surface area contributed by atoms with Crippen LogP contribution in [0.25, 0.3) is 0 Å². The van der Waals surface area contributed by atoms with Crippen molar-refractivity contribution in [2.45, 2.75) is 32.9 Å². The topological polar surface area (TPSA) is 90.0 Å². The second-order valence-electron chi connectivity index (χ2n) is 10.3. The third kappa shape index (κ3) is 9.01. The zero-order valence-electron chi connectivity index (χ0n) is 23.6. The molecule has 1 atom stereocenters. The van der Waals surface area contributed by atoms with Crippen LogP contribution >= 0.6 is 11.6 Å². The lowest BCUT2D eigenvalue weighted by atomic mass is 10.0. The Balaban J connectivity index is 2.08. The predicted octanol–water partition coefficient (Wildman–Crippen LogP) is 4.50. The average molecular weight is 603 g/mol. The SMILES string of the molecule is CC(C)CNC(=O)C(Cc1ccccc1)N(Cc1cccc(Cl)c1)C(=O)CN(c1ccc(F)cc1)S(=O)(=O)N(C)C. The summed E-state index contributed by atoms with van der Waals surface area (Å²) >= 11 is 6.23. The van der Waals surface area contributed by atoms with Crippen molar-refractivity contribution < 1.29 is 22.4 Å². The van der Waals surface area contributed by atoms with E-state index in [0.717, 1.165) is 26.3 Å². The highest BCUT2D eigenvalue weighted by molar-refractivity contribution is 7.90. The first-order valence-corrected chi connectivity index (χ1v) is 15.0. The Labute approximate surface area is 246 Å². The second kappa shape index (κ2) is 14.4. The van der Waals surface area contributed by atoms with Crippen molar-refractivity contribution in [3.8, 4) is 0 Å². The van der Waals surface area contributed by atoms with Crippen molar-refractivity contribution in [1.29, 1.82) is 0 Å². The van der Waals surface area contributed by atoms with Crippen molar-refractivity contribution in [2.75, 3.05) is 31.5 Å². The minimum absolute atomic E-state index is 0.00522. The van der Waals surface area contributed by atoms with Crippen molar-refractivity contribution in [3.05, 3.63) is 101 Å². The molecular formula is C30H36ClFN4O4S. The van der Waals surface area contributed by atoms with Crippen LogP contribution in [0.15, 0.2) is 78.9 Å². The molecule has 3 aromatic rings. The predicted molar refractivity (Wildman–Crippen MR) is 160 cm³/mol. The molecule has 0 aliphatic carbocycles. The zero-order valence-corrected chi connectivity index (χ0v) is 25.2. The summed E-state index contributed by atoms with van der Waals surface area (Å²) in [6.07, 6.45) is 0.202. The van der Waals surface area contributed by atoms with E-state index in [0.29, 0.717) is 17.1 Å². The molecule has 220 valence electrons. The van der Waals surface area contributed by atoms with E-state index >= 15 is 0 Å². The maximum absolute atomic E-state index is 14.1. The van der Waals surface area contributed by atoms with E-state index in [2.05, 4.69) is 5.32 Å². The number of halogens is 2. The van der Waals surface area contributed by atoms with Crippen LogP contribution in [-0.2, 0) is 32.8 Å². The fourth-order valence-corrected chi connectivity index (χ4v) is 5.40. The van der Waals surface area contributed by atoms with Gasteiger partial charge in [0.2, 0.25) is 11.8 Å². The molecule has 1 N–H and O–H groups in total. The summed E-state index contributed by atoms with van der Waals surface area (Å²) < 4.78 is 42.3. The largest absolute Gasteiger partial charge is 0.354 e. The van der Waals surface area contributed by atoms with Gasteiger partial charge in [0.25, 0.3) is 0 Å². The Morgan fingerprint density at radius 3 is 2.15 bits per heavy atom. The Morgan fingerprint density at radius 1 is 0.927 bits per heavy atom. The third-order valence-corrected chi connectivity index (χ3v) is 8.39. The molecule has 11 heteroatoms. The van der Waals surface area contributed by atoms with Crippen molar-refractivity contribution in [2.24, 2.45) is 5.92 Å². The molecule has 0 saturated carbocycles. The van der Waals surface area contributed by atoms with Crippen LogP contribution in [0.1, 0.15) is 25.0 Å². The molecule has 0 aliphatic heterocycles. The van der Waals surface area contributed by atoms with Crippen LogP contribution in [0.3, 0.4) is 0 Å².